The molecule has 2 aliphatic rings. The molecule has 0 radical (unpaired) electrons. The van der Waals surface area contributed by atoms with Crippen molar-refractivity contribution < 1.29 is 4.79 Å². The quantitative estimate of drug-likeness (QED) is 0.702. The van der Waals surface area contributed by atoms with E-state index in [2.05, 4.69) is 10.2 Å². The zero-order chi connectivity index (χ0) is 11.5. The third kappa shape index (κ3) is 2.95. The number of amides is 1. The Kier molecular flexibility index (Phi) is 3.82. The van der Waals surface area contributed by atoms with E-state index in [-0.39, 0.29) is 5.91 Å². The maximum absolute atomic E-state index is 11.3. The minimum absolute atomic E-state index is 0.158. The molecule has 4 heteroatoms. The molecule has 2 fully saturated rings. The van der Waals surface area contributed by atoms with Crippen LogP contribution in [0.15, 0.2) is 0 Å². The number of nitrogens with one attached hydrogen (secondary N) is 1. The number of carbonyl (C=O) groups is 1. The zero-order valence-corrected chi connectivity index (χ0v) is 10.1. The third-order valence-corrected chi connectivity index (χ3v) is 3.74. The van der Waals surface area contributed by atoms with Crippen molar-refractivity contribution in [2.75, 3.05) is 26.2 Å². The van der Waals surface area contributed by atoms with Crippen LogP contribution < -0.4 is 11.1 Å². The molecule has 0 aromatic carbocycles. The van der Waals surface area contributed by atoms with Crippen LogP contribution in [0.25, 0.3) is 0 Å². The molecule has 3 N–H and O–H groups in total. The fourth-order valence-corrected chi connectivity index (χ4v) is 2.69. The van der Waals surface area contributed by atoms with Gasteiger partial charge in [-0.15, -0.1) is 0 Å². The minimum Gasteiger partial charge on any atom is -0.356 e. The lowest BCUT2D eigenvalue weighted by Crippen LogP contribution is -2.32. The number of hydrogen-bond donors (Lipinski definition) is 2. The second-order valence-electron chi connectivity index (χ2n) is 5.13. The van der Waals surface area contributed by atoms with E-state index in [0.29, 0.717) is 18.4 Å². The molecule has 1 heterocycles. The van der Waals surface area contributed by atoms with Crippen LogP contribution in [0.2, 0.25) is 0 Å². The summed E-state index contributed by atoms with van der Waals surface area (Å²) in [5.74, 6) is 1.73. The largest absolute Gasteiger partial charge is 0.356 e. The van der Waals surface area contributed by atoms with Gasteiger partial charge in [-0.2, -0.15) is 0 Å². The van der Waals surface area contributed by atoms with Crippen molar-refractivity contribution in [1.82, 2.24) is 10.2 Å². The van der Waals surface area contributed by atoms with E-state index < -0.39 is 0 Å². The molecule has 0 unspecified atom stereocenters. The summed E-state index contributed by atoms with van der Waals surface area (Å²) in [5.41, 5.74) is 6.13. The molecule has 0 bridgehead atoms. The molecule has 0 spiro atoms. The molecule has 4 nitrogen and oxygen atoms in total. The Bertz CT molecular complexity index is 253. The molecule has 1 aliphatic heterocycles. The summed E-state index contributed by atoms with van der Waals surface area (Å²) in [6, 6.07) is 0.335. The van der Waals surface area contributed by atoms with Crippen LogP contribution >= 0.6 is 0 Å². The highest BCUT2D eigenvalue weighted by atomic mass is 16.1. The first-order valence-electron chi connectivity index (χ1n) is 6.45. The topological polar surface area (TPSA) is 58.4 Å². The van der Waals surface area contributed by atoms with Crippen LogP contribution in [-0.2, 0) is 4.79 Å². The lowest BCUT2D eigenvalue weighted by atomic mass is 9.99. The molecule has 0 aromatic heterocycles. The third-order valence-electron chi connectivity index (χ3n) is 3.74. The molecule has 2 atom stereocenters. The number of nitrogens with two attached hydrogens (primary N) is 1. The van der Waals surface area contributed by atoms with E-state index in [9.17, 15) is 4.79 Å². The van der Waals surface area contributed by atoms with Gasteiger partial charge < -0.3 is 16.0 Å². The predicted octanol–water partition coefficient (Wildman–Crippen LogP) is 0.182. The van der Waals surface area contributed by atoms with Crippen molar-refractivity contribution in [2.45, 2.75) is 32.2 Å². The summed E-state index contributed by atoms with van der Waals surface area (Å²) in [7, 11) is 0. The SMILES string of the molecule is CCNC(=O)CCN1C[C@@H](N)[C@H](C2CC2)C1. The Labute approximate surface area is 97.6 Å². The number of hydrogen-bond acceptors (Lipinski definition) is 3. The molecule has 16 heavy (non-hydrogen) atoms. The Morgan fingerprint density at radius 1 is 1.44 bits per heavy atom. The van der Waals surface area contributed by atoms with E-state index in [0.717, 1.165) is 32.1 Å². The summed E-state index contributed by atoms with van der Waals surface area (Å²) in [5, 5.41) is 2.83. The summed E-state index contributed by atoms with van der Waals surface area (Å²) < 4.78 is 0. The summed E-state index contributed by atoms with van der Waals surface area (Å²) >= 11 is 0. The number of likely N-dealkylation sites (tertiary alicyclic amines) is 1. The van der Waals surface area contributed by atoms with Crippen LogP contribution in [0.1, 0.15) is 26.2 Å². The zero-order valence-electron chi connectivity index (χ0n) is 10.1. The monoisotopic (exact) mass is 225 g/mol. The average molecular weight is 225 g/mol. The fraction of sp³-hybridized carbons (Fsp3) is 0.917. The van der Waals surface area contributed by atoms with Crippen LogP contribution in [0.4, 0.5) is 0 Å². The highest BCUT2D eigenvalue weighted by Gasteiger charge is 2.40. The highest BCUT2D eigenvalue weighted by Crippen LogP contribution is 2.40. The van der Waals surface area contributed by atoms with Gasteiger partial charge in [-0.1, -0.05) is 0 Å². The highest BCUT2D eigenvalue weighted by molar-refractivity contribution is 5.75. The van der Waals surface area contributed by atoms with Crippen molar-refractivity contribution in [2.24, 2.45) is 17.6 Å². The average Bonchev–Trinajstić information content (AvgIpc) is 3.01. The summed E-state index contributed by atoms with van der Waals surface area (Å²) in [6.07, 6.45) is 3.34. The first-order chi connectivity index (χ1) is 7.70. The van der Waals surface area contributed by atoms with Gasteiger partial charge in [0.15, 0.2) is 0 Å². The first-order valence-corrected chi connectivity index (χ1v) is 6.45. The predicted molar refractivity (Wildman–Crippen MR) is 63.9 cm³/mol. The lowest BCUT2D eigenvalue weighted by Gasteiger charge is -2.14. The Balaban J connectivity index is 1.69. The van der Waals surface area contributed by atoms with Gasteiger partial charge in [-0.05, 0) is 31.6 Å². The number of rotatable bonds is 5. The van der Waals surface area contributed by atoms with Crippen molar-refractivity contribution in [1.29, 1.82) is 0 Å². The van der Waals surface area contributed by atoms with Crippen molar-refractivity contribution >= 4 is 5.91 Å². The van der Waals surface area contributed by atoms with Crippen molar-refractivity contribution in [3.05, 3.63) is 0 Å². The summed E-state index contributed by atoms with van der Waals surface area (Å²) in [6.45, 7) is 5.62. The number of nitrogens with zero attached hydrogens (tertiary/aromatic N) is 1. The molecular weight excluding hydrogens is 202 g/mol. The molecule has 0 aromatic rings. The van der Waals surface area contributed by atoms with E-state index in [1.165, 1.54) is 12.8 Å². The molecular formula is C12H23N3O. The van der Waals surface area contributed by atoms with Crippen molar-refractivity contribution in [3.8, 4) is 0 Å². The van der Waals surface area contributed by atoms with Crippen LogP contribution in [0, 0.1) is 11.8 Å². The van der Waals surface area contributed by atoms with Gasteiger partial charge in [-0.25, -0.2) is 0 Å². The Morgan fingerprint density at radius 2 is 2.19 bits per heavy atom. The van der Waals surface area contributed by atoms with E-state index in [1.807, 2.05) is 6.92 Å². The first kappa shape index (κ1) is 11.9. The second-order valence-corrected chi connectivity index (χ2v) is 5.13. The second kappa shape index (κ2) is 5.15. The van der Waals surface area contributed by atoms with Crippen molar-refractivity contribution in [3.63, 3.8) is 0 Å². The van der Waals surface area contributed by atoms with Crippen LogP contribution in [-0.4, -0.2) is 43.0 Å². The lowest BCUT2D eigenvalue weighted by molar-refractivity contribution is -0.121. The minimum atomic E-state index is 0.158. The smallest absolute Gasteiger partial charge is 0.221 e. The van der Waals surface area contributed by atoms with E-state index in [1.54, 1.807) is 0 Å². The van der Waals surface area contributed by atoms with Crippen LogP contribution in [0.3, 0.4) is 0 Å². The van der Waals surface area contributed by atoms with E-state index >= 15 is 0 Å². The molecule has 2 rings (SSSR count). The van der Waals surface area contributed by atoms with Gasteiger partial charge in [0.2, 0.25) is 5.91 Å². The summed E-state index contributed by atoms with van der Waals surface area (Å²) in [4.78, 5) is 13.7. The van der Waals surface area contributed by atoms with Gasteiger partial charge in [0.1, 0.15) is 0 Å². The standard InChI is InChI=1S/C12H23N3O/c1-2-14-12(16)5-6-15-7-10(9-3-4-9)11(13)8-15/h9-11H,2-8,13H2,1H3,(H,14,16)/t10-,11+/m0/s1. The molecule has 92 valence electrons. The molecule has 1 amide bonds. The number of carbonyl (C=O) groups excluding carboxylic acids is 1. The van der Waals surface area contributed by atoms with Gasteiger partial charge in [0, 0.05) is 38.6 Å². The molecule has 1 aliphatic carbocycles. The fourth-order valence-electron chi connectivity index (χ4n) is 2.69. The van der Waals surface area contributed by atoms with Crippen LogP contribution in [0.5, 0.6) is 0 Å². The van der Waals surface area contributed by atoms with Gasteiger partial charge in [-0.3, -0.25) is 4.79 Å². The Morgan fingerprint density at radius 3 is 2.81 bits per heavy atom. The normalized spacial score (nSPS) is 30.6. The molecule has 1 saturated carbocycles. The van der Waals surface area contributed by atoms with E-state index in [4.69, 9.17) is 5.73 Å². The maximum Gasteiger partial charge on any atom is 0.221 e. The maximum atomic E-state index is 11.3. The Hall–Kier alpha value is -0.610. The van der Waals surface area contributed by atoms with Gasteiger partial charge in [0.05, 0.1) is 0 Å². The molecule has 1 saturated heterocycles. The van der Waals surface area contributed by atoms with Gasteiger partial charge in [0.25, 0.3) is 0 Å². The van der Waals surface area contributed by atoms with Gasteiger partial charge >= 0.3 is 0 Å².